The molecule has 102 valence electrons. The highest BCUT2D eigenvalue weighted by Gasteiger charge is 2.39. The predicted molar refractivity (Wildman–Crippen MR) is 72.1 cm³/mol. The maximum absolute atomic E-state index is 11.0. The van der Waals surface area contributed by atoms with Gasteiger partial charge in [-0.2, -0.15) is 0 Å². The monoisotopic (exact) mass is 262 g/mol. The second kappa shape index (κ2) is 4.77. The standard InChI is InChI=1S/C13H18N4O2/c1-9-7-10(8-16(9)11-4-5-11)15-13-12(17(18)19)3-2-6-14-13/h2-3,6,9-11H,4-5,7-8H2,1H3,(H,14,15). The van der Waals surface area contributed by atoms with E-state index >= 15 is 0 Å². The summed E-state index contributed by atoms with van der Waals surface area (Å²) >= 11 is 0. The molecule has 1 N–H and O–H groups in total. The van der Waals surface area contributed by atoms with Gasteiger partial charge >= 0.3 is 5.69 Å². The lowest BCUT2D eigenvalue weighted by Crippen LogP contribution is -2.31. The average Bonchev–Trinajstić information content (AvgIpc) is 3.15. The van der Waals surface area contributed by atoms with Crippen molar-refractivity contribution in [2.45, 2.75) is 44.3 Å². The molecule has 1 aromatic rings. The smallest absolute Gasteiger partial charge is 0.311 e. The molecule has 1 saturated carbocycles. The molecule has 6 nitrogen and oxygen atoms in total. The molecule has 2 aliphatic rings. The summed E-state index contributed by atoms with van der Waals surface area (Å²) in [5.41, 5.74) is 0.0556. The lowest BCUT2D eigenvalue weighted by atomic mass is 10.2. The molecule has 0 radical (unpaired) electrons. The number of anilines is 1. The Bertz CT molecular complexity index is 489. The van der Waals surface area contributed by atoms with Crippen LogP contribution in [-0.2, 0) is 0 Å². The van der Waals surface area contributed by atoms with Gasteiger partial charge in [0.2, 0.25) is 5.82 Å². The number of nitrogens with zero attached hydrogens (tertiary/aromatic N) is 3. The van der Waals surface area contributed by atoms with Crippen molar-refractivity contribution in [3.8, 4) is 0 Å². The molecule has 2 unspecified atom stereocenters. The van der Waals surface area contributed by atoms with Crippen LogP contribution >= 0.6 is 0 Å². The lowest BCUT2D eigenvalue weighted by molar-refractivity contribution is -0.384. The Hall–Kier alpha value is -1.69. The van der Waals surface area contributed by atoms with Crippen LogP contribution in [0.4, 0.5) is 11.5 Å². The summed E-state index contributed by atoms with van der Waals surface area (Å²) in [6.45, 7) is 3.19. The van der Waals surface area contributed by atoms with E-state index in [0.29, 0.717) is 11.9 Å². The minimum Gasteiger partial charge on any atom is -0.360 e. The first-order chi connectivity index (χ1) is 9.15. The fourth-order valence-electron chi connectivity index (χ4n) is 2.92. The highest BCUT2D eigenvalue weighted by Crippen LogP contribution is 2.34. The summed E-state index contributed by atoms with van der Waals surface area (Å²) in [4.78, 5) is 17.2. The van der Waals surface area contributed by atoms with E-state index in [2.05, 4.69) is 22.1 Å². The second-order valence-electron chi connectivity index (χ2n) is 5.48. The van der Waals surface area contributed by atoms with Gasteiger partial charge in [0.05, 0.1) is 4.92 Å². The van der Waals surface area contributed by atoms with Crippen molar-refractivity contribution in [1.29, 1.82) is 0 Å². The van der Waals surface area contributed by atoms with Gasteiger partial charge in [-0.25, -0.2) is 4.98 Å². The van der Waals surface area contributed by atoms with Crippen molar-refractivity contribution in [3.05, 3.63) is 28.4 Å². The van der Waals surface area contributed by atoms with Crippen molar-refractivity contribution in [2.75, 3.05) is 11.9 Å². The molecule has 3 rings (SSSR count). The van der Waals surface area contributed by atoms with Gasteiger partial charge in [0.15, 0.2) is 0 Å². The van der Waals surface area contributed by atoms with Gasteiger partial charge in [-0.1, -0.05) is 0 Å². The summed E-state index contributed by atoms with van der Waals surface area (Å²) in [7, 11) is 0. The zero-order chi connectivity index (χ0) is 13.4. The number of hydrogen-bond acceptors (Lipinski definition) is 5. The first-order valence-corrected chi connectivity index (χ1v) is 6.77. The SMILES string of the molecule is CC1CC(Nc2ncccc2[N+](=O)[O-])CN1C1CC1. The highest BCUT2D eigenvalue weighted by atomic mass is 16.6. The van der Waals surface area contributed by atoms with Gasteiger partial charge in [-0.3, -0.25) is 15.0 Å². The number of aromatic nitrogens is 1. The van der Waals surface area contributed by atoms with Crippen molar-refractivity contribution in [1.82, 2.24) is 9.88 Å². The third-order valence-electron chi connectivity index (χ3n) is 3.96. The average molecular weight is 262 g/mol. The molecule has 19 heavy (non-hydrogen) atoms. The summed E-state index contributed by atoms with van der Waals surface area (Å²) in [6, 6.07) is 4.63. The summed E-state index contributed by atoms with van der Waals surface area (Å²) in [6.07, 6.45) is 5.19. The molecule has 1 aliphatic heterocycles. The zero-order valence-electron chi connectivity index (χ0n) is 11.0. The predicted octanol–water partition coefficient (Wildman–Crippen LogP) is 2.03. The molecule has 1 saturated heterocycles. The van der Waals surface area contributed by atoms with Crippen LogP contribution in [0.2, 0.25) is 0 Å². The van der Waals surface area contributed by atoms with E-state index in [1.165, 1.54) is 18.9 Å². The third kappa shape index (κ3) is 2.53. The molecule has 6 heteroatoms. The number of hydrogen-bond donors (Lipinski definition) is 1. The number of nitro groups is 1. The normalized spacial score (nSPS) is 27.4. The molecule has 0 amide bonds. The van der Waals surface area contributed by atoms with E-state index in [1.54, 1.807) is 12.3 Å². The van der Waals surface area contributed by atoms with Crippen LogP contribution in [0, 0.1) is 10.1 Å². The van der Waals surface area contributed by atoms with Crippen LogP contribution in [0.5, 0.6) is 0 Å². The quantitative estimate of drug-likeness (QED) is 0.664. The first kappa shape index (κ1) is 12.3. The molecule has 2 fully saturated rings. The molecule has 2 heterocycles. The van der Waals surface area contributed by atoms with E-state index in [-0.39, 0.29) is 16.7 Å². The number of rotatable bonds is 4. The number of pyridine rings is 1. The van der Waals surface area contributed by atoms with E-state index in [9.17, 15) is 10.1 Å². The van der Waals surface area contributed by atoms with E-state index in [1.807, 2.05) is 0 Å². The minimum atomic E-state index is -0.383. The maximum atomic E-state index is 11.0. The Morgan fingerprint density at radius 2 is 2.32 bits per heavy atom. The highest BCUT2D eigenvalue weighted by molar-refractivity contribution is 5.55. The van der Waals surface area contributed by atoms with Gasteiger partial charge in [0.1, 0.15) is 0 Å². The second-order valence-corrected chi connectivity index (χ2v) is 5.48. The van der Waals surface area contributed by atoms with Crippen molar-refractivity contribution in [2.24, 2.45) is 0 Å². The van der Waals surface area contributed by atoms with Crippen molar-refractivity contribution in [3.63, 3.8) is 0 Å². The molecule has 1 aromatic heterocycles. The van der Waals surface area contributed by atoms with Gasteiger partial charge < -0.3 is 5.32 Å². The molecule has 0 spiro atoms. The van der Waals surface area contributed by atoms with Crippen molar-refractivity contribution >= 4 is 11.5 Å². The van der Waals surface area contributed by atoms with Gasteiger partial charge in [0, 0.05) is 36.9 Å². The van der Waals surface area contributed by atoms with E-state index in [0.717, 1.165) is 19.0 Å². The fourth-order valence-corrected chi connectivity index (χ4v) is 2.92. The molecule has 1 aliphatic carbocycles. The van der Waals surface area contributed by atoms with Crippen LogP contribution in [0.15, 0.2) is 18.3 Å². The van der Waals surface area contributed by atoms with Crippen molar-refractivity contribution < 1.29 is 4.92 Å². The summed E-state index contributed by atoms with van der Waals surface area (Å²) in [5.74, 6) is 0.391. The van der Waals surface area contributed by atoms with Crippen LogP contribution in [-0.4, -0.2) is 39.5 Å². The van der Waals surface area contributed by atoms with Crippen LogP contribution < -0.4 is 5.32 Å². The van der Waals surface area contributed by atoms with E-state index in [4.69, 9.17) is 0 Å². The summed E-state index contributed by atoms with van der Waals surface area (Å²) < 4.78 is 0. The topological polar surface area (TPSA) is 71.3 Å². The Balaban J connectivity index is 1.70. The minimum absolute atomic E-state index is 0.0556. The molecule has 0 bridgehead atoms. The van der Waals surface area contributed by atoms with Gasteiger partial charge in [-0.05, 0) is 32.3 Å². The van der Waals surface area contributed by atoms with Crippen LogP contribution in [0.25, 0.3) is 0 Å². The Morgan fingerprint density at radius 1 is 1.53 bits per heavy atom. The number of likely N-dealkylation sites (tertiary alicyclic amines) is 1. The number of nitrogens with one attached hydrogen (secondary N) is 1. The third-order valence-corrected chi connectivity index (χ3v) is 3.96. The zero-order valence-corrected chi connectivity index (χ0v) is 11.0. The Kier molecular flexibility index (Phi) is 3.10. The Morgan fingerprint density at radius 3 is 3.00 bits per heavy atom. The molecule has 2 atom stereocenters. The van der Waals surface area contributed by atoms with E-state index < -0.39 is 0 Å². The fraction of sp³-hybridized carbons (Fsp3) is 0.615. The summed E-state index contributed by atoms with van der Waals surface area (Å²) in [5, 5.41) is 14.2. The maximum Gasteiger partial charge on any atom is 0.311 e. The lowest BCUT2D eigenvalue weighted by Gasteiger charge is -2.19. The molecular formula is C13H18N4O2. The van der Waals surface area contributed by atoms with Crippen LogP contribution in [0.3, 0.4) is 0 Å². The molecular weight excluding hydrogens is 244 g/mol. The molecule has 0 aromatic carbocycles. The van der Waals surface area contributed by atoms with Gasteiger partial charge in [-0.15, -0.1) is 0 Å². The van der Waals surface area contributed by atoms with Gasteiger partial charge in [0.25, 0.3) is 0 Å². The largest absolute Gasteiger partial charge is 0.360 e. The first-order valence-electron chi connectivity index (χ1n) is 6.77. The van der Waals surface area contributed by atoms with Crippen LogP contribution in [0.1, 0.15) is 26.2 Å². The Labute approximate surface area is 112 Å².